The Labute approximate surface area is 115 Å². The molecule has 0 spiro atoms. The Kier molecular flexibility index (Phi) is 4.62. The summed E-state index contributed by atoms with van der Waals surface area (Å²) in [5.41, 5.74) is 1.11. The maximum Gasteiger partial charge on any atom is 0.150 e. The SMILES string of the molecule is CCCNC(c1ccnn1CC)C1CCS(=O)(=O)C1. The molecule has 0 aromatic carbocycles. The molecule has 1 fully saturated rings. The normalized spacial score (nSPS) is 23.6. The van der Waals surface area contributed by atoms with Crippen LogP contribution in [0.15, 0.2) is 12.3 Å². The zero-order valence-electron chi connectivity index (χ0n) is 11.7. The number of sulfone groups is 1. The molecule has 1 aliphatic rings. The molecule has 108 valence electrons. The molecule has 1 N–H and O–H groups in total. The highest BCUT2D eigenvalue weighted by molar-refractivity contribution is 7.91. The second kappa shape index (κ2) is 6.05. The number of aromatic nitrogens is 2. The summed E-state index contributed by atoms with van der Waals surface area (Å²) in [5, 5.41) is 7.80. The molecule has 2 rings (SSSR count). The van der Waals surface area contributed by atoms with Gasteiger partial charge in [0.25, 0.3) is 0 Å². The molecule has 1 saturated heterocycles. The zero-order chi connectivity index (χ0) is 13.9. The molecule has 2 heterocycles. The maximum absolute atomic E-state index is 11.7. The molecule has 6 heteroatoms. The monoisotopic (exact) mass is 285 g/mol. The van der Waals surface area contributed by atoms with Crippen molar-refractivity contribution < 1.29 is 8.42 Å². The van der Waals surface area contributed by atoms with E-state index in [-0.39, 0.29) is 12.0 Å². The molecule has 5 nitrogen and oxygen atoms in total. The quantitative estimate of drug-likeness (QED) is 0.857. The molecule has 0 amide bonds. The van der Waals surface area contributed by atoms with E-state index < -0.39 is 9.84 Å². The summed E-state index contributed by atoms with van der Waals surface area (Å²) in [6, 6.07) is 2.10. The van der Waals surface area contributed by atoms with Gasteiger partial charge in [0.05, 0.1) is 23.2 Å². The second-order valence-corrected chi connectivity index (χ2v) is 7.40. The van der Waals surface area contributed by atoms with Gasteiger partial charge in [-0.15, -0.1) is 0 Å². The van der Waals surface area contributed by atoms with E-state index in [1.807, 2.05) is 10.7 Å². The van der Waals surface area contributed by atoms with Gasteiger partial charge in [-0.05, 0) is 38.3 Å². The van der Waals surface area contributed by atoms with Crippen molar-refractivity contribution in [1.29, 1.82) is 0 Å². The van der Waals surface area contributed by atoms with Gasteiger partial charge in [0.2, 0.25) is 0 Å². The number of nitrogens with one attached hydrogen (secondary N) is 1. The van der Waals surface area contributed by atoms with E-state index >= 15 is 0 Å². The molecule has 1 aromatic rings. The topological polar surface area (TPSA) is 64.0 Å². The highest BCUT2D eigenvalue weighted by Gasteiger charge is 2.35. The lowest BCUT2D eigenvalue weighted by atomic mass is 9.96. The van der Waals surface area contributed by atoms with Crippen LogP contribution in [0.25, 0.3) is 0 Å². The first kappa shape index (κ1) is 14.5. The van der Waals surface area contributed by atoms with E-state index in [0.29, 0.717) is 11.5 Å². The van der Waals surface area contributed by atoms with Crippen molar-refractivity contribution in [3.05, 3.63) is 18.0 Å². The highest BCUT2D eigenvalue weighted by Crippen LogP contribution is 2.31. The Morgan fingerprint density at radius 1 is 1.53 bits per heavy atom. The van der Waals surface area contributed by atoms with Crippen LogP contribution in [0.4, 0.5) is 0 Å². The van der Waals surface area contributed by atoms with Crippen LogP contribution in [0.1, 0.15) is 38.4 Å². The fraction of sp³-hybridized carbons (Fsp3) is 0.769. The average molecular weight is 285 g/mol. The molecule has 0 aliphatic carbocycles. The van der Waals surface area contributed by atoms with Crippen LogP contribution in [0.2, 0.25) is 0 Å². The van der Waals surface area contributed by atoms with Crippen molar-refractivity contribution in [2.75, 3.05) is 18.1 Å². The van der Waals surface area contributed by atoms with Crippen LogP contribution in [0.5, 0.6) is 0 Å². The number of hydrogen-bond donors (Lipinski definition) is 1. The van der Waals surface area contributed by atoms with Gasteiger partial charge in [-0.1, -0.05) is 6.92 Å². The minimum atomic E-state index is -2.85. The van der Waals surface area contributed by atoms with Crippen molar-refractivity contribution in [2.45, 2.75) is 39.3 Å². The Hall–Kier alpha value is -0.880. The third kappa shape index (κ3) is 3.36. The molecule has 0 saturated carbocycles. The van der Waals surface area contributed by atoms with Gasteiger partial charge in [0.1, 0.15) is 0 Å². The van der Waals surface area contributed by atoms with Crippen molar-refractivity contribution in [1.82, 2.24) is 15.1 Å². The summed E-state index contributed by atoms with van der Waals surface area (Å²) in [7, 11) is -2.85. The predicted octanol–water partition coefficient (Wildman–Crippen LogP) is 1.38. The zero-order valence-corrected chi connectivity index (χ0v) is 12.5. The van der Waals surface area contributed by atoms with Crippen molar-refractivity contribution in [3.63, 3.8) is 0 Å². The summed E-state index contributed by atoms with van der Waals surface area (Å²) in [6.07, 6.45) is 3.58. The fourth-order valence-electron chi connectivity index (χ4n) is 2.77. The van der Waals surface area contributed by atoms with Crippen LogP contribution < -0.4 is 5.32 Å². The van der Waals surface area contributed by atoms with Crippen LogP contribution in [-0.4, -0.2) is 36.2 Å². The third-order valence-electron chi connectivity index (χ3n) is 3.72. The predicted molar refractivity (Wildman–Crippen MR) is 75.7 cm³/mol. The van der Waals surface area contributed by atoms with E-state index in [2.05, 4.69) is 24.3 Å². The van der Waals surface area contributed by atoms with E-state index in [1.54, 1.807) is 6.20 Å². The van der Waals surface area contributed by atoms with Crippen molar-refractivity contribution in [2.24, 2.45) is 5.92 Å². The lowest BCUT2D eigenvalue weighted by Crippen LogP contribution is -2.31. The van der Waals surface area contributed by atoms with Gasteiger partial charge in [0.15, 0.2) is 9.84 Å². The minimum Gasteiger partial charge on any atom is -0.308 e. The van der Waals surface area contributed by atoms with Crippen LogP contribution >= 0.6 is 0 Å². The summed E-state index contributed by atoms with van der Waals surface area (Å²) in [5.74, 6) is 0.782. The Morgan fingerprint density at radius 3 is 2.89 bits per heavy atom. The van der Waals surface area contributed by atoms with Crippen molar-refractivity contribution >= 4 is 9.84 Å². The molecule has 1 aromatic heterocycles. The summed E-state index contributed by atoms with van der Waals surface area (Å²) in [6.45, 7) is 5.88. The van der Waals surface area contributed by atoms with E-state index in [0.717, 1.165) is 31.6 Å². The summed E-state index contributed by atoms with van der Waals surface area (Å²) < 4.78 is 25.3. The summed E-state index contributed by atoms with van der Waals surface area (Å²) >= 11 is 0. The van der Waals surface area contributed by atoms with Gasteiger partial charge in [-0.3, -0.25) is 4.68 Å². The lowest BCUT2D eigenvalue weighted by Gasteiger charge is -2.24. The molecule has 1 aliphatic heterocycles. The van der Waals surface area contributed by atoms with Gasteiger partial charge in [-0.25, -0.2) is 8.42 Å². The van der Waals surface area contributed by atoms with Crippen LogP contribution in [0, 0.1) is 5.92 Å². The van der Waals surface area contributed by atoms with Gasteiger partial charge in [-0.2, -0.15) is 5.10 Å². The number of nitrogens with zero attached hydrogens (tertiary/aromatic N) is 2. The Morgan fingerprint density at radius 2 is 2.32 bits per heavy atom. The first-order chi connectivity index (χ1) is 9.07. The van der Waals surface area contributed by atoms with Crippen LogP contribution in [0.3, 0.4) is 0 Å². The Bertz CT molecular complexity index is 510. The third-order valence-corrected chi connectivity index (χ3v) is 5.51. The Balaban J connectivity index is 2.21. The first-order valence-corrected chi connectivity index (χ1v) is 8.85. The molecular weight excluding hydrogens is 262 g/mol. The van der Waals surface area contributed by atoms with E-state index in [1.165, 1.54) is 0 Å². The van der Waals surface area contributed by atoms with Gasteiger partial charge >= 0.3 is 0 Å². The average Bonchev–Trinajstić information content (AvgIpc) is 2.96. The number of aryl methyl sites for hydroxylation is 1. The molecule has 0 radical (unpaired) electrons. The van der Waals surface area contributed by atoms with Gasteiger partial charge < -0.3 is 5.32 Å². The second-order valence-electron chi connectivity index (χ2n) is 5.17. The largest absolute Gasteiger partial charge is 0.308 e. The smallest absolute Gasteiger partial charge is 0.150 e. The minimum absolute atomic E-state index is 0.0969. The standard InChI is InChI=1S/C13H23N3O2S/c1-3-7-14-13(11-6-9-19(17,18)10-11)12-5-8-15-16(12)4-2/h5,8,11,13-14H,3-4,6-7,9-10H2,1-2H3. The van der Waals surface area contributed by atoms with E-state index in [9.17, 15) is 8.42 Å². The lowest BCUT2D eigenvalue weighted by molar-refractivity contribution is 0.368. The van der Waals surface area contributed by atoms with Crippen LogP contribution in [-0.2, 0) is 16.4 Å². The molecule has 0 bridgehead atoms. The number of hydrogen-bond acceptors (Lipinski definition) is 4. The first-order valence-electron chi connectivity index (χ1n) is 7.03. The summed E-state index contributed by atoms with van der Waals surface area (Å²) in [4.78, 5) is 0. The molecule has 2 atom stereocenters. The number of rotatable bonds is 6. The van der Waals surface area contributed by atoms with Crippen molar-refractivity contribution in [3.8, 4) is 0 Å². The highest BCUT2D eigenvalue weighted by atomic mass is 32.2. The molecular formula is C13H23N3O2S. The van der Waals surface area contributed by atoms with Gasteiger partial charge in [0, 0.05) is 12.7 Å². The maximum atomic E-state index is 11.7. The molecule has 2 unspecified atom stereocenters. The van der Waals surface area contributed by atoms with E-state index in [4.69, 9.17) is 0 Å². The molecule has 19 heavy (non-hydrogen) atoms. The fourth-order valence-corrected chi connectivity index (χ4v) is 4.61.